The number of hydrogen-bond donors (Lipinski definition) is 0. The fourth-order valence-electron chi connectivity index (χ4n) is 2.78. The number of rotatable bonds is 6. The standard InChI is InChI=1S/C20H18FNO3S/c1-3-25-14-11-9-13(10-12-14)17-18(26-4-2)20(24)22(19(17)23)16-8-6-5-7-15(16)21/h5-12H,3-4H2,1-2H3. The molecule has 2 amide bonds. The van der Waals surface area contributed by atoms with Crippen LogP contribution in [-0.2, 0) is 9.59 Å². The van der Waals surface area contributed by atoms with Crippen molar-refractivity contribution in [3.8, 4) is 5.75 Å². The van der Waals surface area contributed by atoms with E-state index in [0.29, 0.717) is 34.2 Å². The lowest BCUT2D eigenvalue weighted by molar-refractivity contribution is -0.119. The first-order chi connectivity index (χ1) is 12.6. The van der Waals surface area contributed by atoms with E-state index in [1.54, 1.807) is 30.3 Å². The summed E-state index contributed by atoms with van der Waals surface area (Å²) in [5.74, 6) is -0.302. The molecule has 0 aliphatic carbocycles. The van der Waals surface area contributed by atoms with Gasteiger partial charge in [-0.05, 0) is 42.5 Å². The Morgan fingerprint density at radius 1 is 1.00 bits per heavy atom. The van der Waals surface area contributed by atoms with Crippen LogP contribution in [0.15, 0.2) is 53.4 Å². The van der Waals surface area contributed by atoms with E-state index >= 15 is 0 Å². The molecule has 1 aliphatic heterocycles. The topological polar surface area (TPSA) is 46.6 Å². The second kappa shape index (κ2) is 7.74. The highest BCUT2D eigenvalue weighted by Crippen LogP contribution is 2.39. The third-order valence-electron chi connectivity index (χ3n) is 3.88. The smallest absolute Gasteiger partial charge is 0.272 e. The van der Waals surface area contributed by atoms with Crippen LogP contribution >= 0.6 is 11.8 Å². The number of nitrogens with zero attached hydrogens (tertiary/aromatic N) is 1. The van der Waals surface area contributed by atoms with Crippen LogP contribution < -0.4 is 9.64 Å². The number of halogens is 1. The fraction of sp³-hybridized carbons (Fsp3) is 0.200. The van der Waals surface area contributed by atoms with Crippen LogP contribution in [0.3, 0.4) is 0 Å². The van der Waals surface area contributed by atoms with Gasteiger partial charge in [0, 0.05) is 0 Å². The van der Waals surface area contributed by atoms with E-state index in [1.807, 2.05) is 13.8 Å². The Morgan fingerprint density at radius 3 is 2.31 bits per heavy atom. The van der Waals surface area contributed by atoms with Crippen LogP contribution in [-0.4, -0.2) is 24.2 Å². The highest BCUT2D eigenvalue weighted by molar-refractivity contribution is 8.04. The van der Waals surface area contributed by atoms with Crippen LogP contribution in [0, 0.1) is 5.82 Å². The Labute approximate surface area is 155 Å². The monoisotopic (exact) mass is 371 g/mol. The number of para-hydroxylation sites is 1. The van der Waals surface area contributed by atoms with Crippen molar-refractivity contribution >= 4 is 34.8 Å². The molecule has 0 saturated carbocycles. The first-order valence-corrected chi connectivity index (χ1v) is 9.30. The lowest BCUT2D eigenvalue weighted by Crippen LogP contribution is -2.32. The maximum Gasteiger partial charge on any atom is 0.272 e. The third kappa shape index (κ3) is 3.24. The molecule has 1 heterocycles. The number of hydrogen-bond acceptors (Lipinski definition) is 4. The van der Waals surface area contributed by atoms with Crippen molar-refractivity contribution in [2.24, 2.45) is 0 Å². The van der Waals surface area contributed by atoms with Gasteiger partial charge in [-0.2, -0.15) is 0 Å². The molecule has 0 N–H and O–H groups in total. The van der Waals surface area contributed by atoms with Gasteiger partial charge in [0.2, 0.25) is 0 Å². The number of amides is 2. The summed E-state index contributed by atoms with van der Waals surface area (Å²) >= 11 is 1.29. The molecule has 134 valence electrons. The molecule has 6 heteroatoms. The number of carbonyl (C=O) groups excluding carboxylic acids is 2. The molecular weight excluding hydrogens is 353 g/mol. The Kier molecular flexibility index (Phi) is 5.42. The first-order valence-electron chi connectivity index (χ1n) is 8.32. The van der Waals surface area contributed by atoms with Crippen molar-refractivity contribution < 1.29 is 18.7 Å². The molecule has 0 unspecified atom stereocenters. The second-order valence-electron chi connectivity index (χ2n) is 5.49. The Bertz CT molecular complexity index is 877. The summed E-state index contributed by atoms with van der Waals surface area (Å²) in [5, 5.41) is 0. The van der Waals surface area contributed by atoms with Crippen LogP contribution in [0.1, 0.15) is 19.4 Å². The van der Waals surface area contributed by atoms with Crippen LogP contribution in [0.2, 0.25) is 0 Å². The zero-order valence-electron chi connectivity index (χ0n) is 14.5. The second-order valence-corrected chi connectivity index (χ2v) is 6.77. The van der Waals surface area contributed by atoms with Gasteiger partial charge in [0.15, 0.2) is 0 Å². The molecule has 0 saturated heterocycles. The zero-order valence-corrected chi connectivity index (χ0v) is 15.3. The van der Waals surface area contributed by atoms with Gasteiger partial charge in [0.25, 0.3) is 11.8 Å². The van der Waals surface area contributed by atoms with Gasteiger partial charge >= 0.3 is 0 Å². The number of carbonyl (C=O) groups is 2. The Morgan fingerprint density at radius 2 is 1.69 bits per heavy atom. The predicted molar refractivity (Wildman–Crippen MR) is 102 cm³/mol. The SMILES string of the molecule is CCOc1ccc(C2=C(SCC)C(=O)N(c3ccccc3F)C2=O)cc1. The van der Waals surface area contributed by atoms with E-state index in [9.17, 15) is 14.0 Å². The van der Waals surface area contributed by atoms with E-state index < -0.39 is 17.6 Å². The summed E-state index contributed by atoms with van der Waals surface area (Å²) in [6.45, 7) is 4.33. The molecule has 2 aromatic carbocycles. The van der Waals surface area contributed by atoms with Gasteiger partial charge in [-0.15, -0.1) is 11.8 Å². The minimum Gasteiger partial charge on any atom is -0.494 e. The summed E-state index contributed by atoms with van der Waals surface area (Å²) in [4.78, 5) is 27.1. The Hall–Kier alpha value is -2.60. The molecule has 4 nitrogen and oxygen atoms in total. The van der Waals surface area contributed by atoms with Crippen LogP contribution in [0.5, 0.6) is 5.75 Å². The predicted octanol–water partition coefficient (Wildman–Crippen LogP) is 4.26. The third-order valence-corrected chi connectivity index (χ3v) is 4.83. The van der Waals surface area contributed by atoms with Gasteiger partial charge in [-0.3, -0.25) is 9.59 Å². The summed E-state index contributed by atoms with van der Waals surface area (Å²) < 4.78 is 19.6. The first kappa shape index (κ1) is 18.2. The highest BCUT2D eigenvalue weighted by atomic mass is 32.2. The van der Waals surface area contributed by atoms with Crippen LogP contribution in [0.25, 0.3) is 5.57 Å². The minimum atomic E-state index is -0.608. The summed E-state index contributed by atoms with van der Waals surface area (Å²) in [7, 11) is 0. The number of imide groups is 1. The maximum atomic E-state index is 14.2. The van der Waals surface area contributed by atoms with Gasteiger partial charge in [-0.25, -0.2) is 9.29 Å². The normalized spacial score (nSPS) is 14.3. The highest BCUT2D eigenvalue weighted by Gasteiger charge is 2.40. The number of thioether (sulfide) groups is 1. The van der Waals surface area contributed by atoms with Crippen molar-refractivity contribution in [1.82, 2.24) is 0 Å². The molecule has 0 spiro atoms. The summed E-state index contributed by atoms with van der Waals surface area (Å²) in [5.41, 5.74) is 0.882. The quantitative estimate of drug-likeness (QED) is 0.712. The van der Waals surface area contributed by atoms with Crippen LogP contribution in [0.4, 0.5) is 10.1 Å². The van der Waals surface area contributed by atoms with E-state index in [1.165, 1.54) is 30.0 Å². The maximum absolute atomic E-state index is 14.2. The molecule has 2 aromatic rings. The average molecular weight is 371 g/mol. The van der Waals surface area contributed by atoms with E-state index in [2.05, 4.69) is 0 Å². The average Bonchev–Trinajstić information content (AvgIpc) is 2.88. The lowest BCUT2D eigenvalue weighted by atomic mass is 10.1. The molecule has 26 heavy (non-hydrogen) atoms. The van der Waals surface area contributed by atoms with Crippen molar-refractivity contribution in [1.29, 1.82) is 0 Å². The van der Waals surface area contributed by atoms with E-state index in [0.717, 1.165) is 4.90 Å². The molecular formula is C20H18FNO3S. The van der Waals surface area contributed by atoms with Gasteiger partial charge in [0.05, 0.1) is 22.8 Å². The zero-order chi connectivity index (χ0) is 18.7. The van der Waals surface area contributed by atoms with Crippen molar-refractivity contribution in [3.05, 3.63) is 64.8 Å². The van der Waals surface area contributed by atoms with Crippen molar-refractivity contribution in [2.45, 2.75) is 13.8 Å². The van der Waals surface area contributed by atoms with E-state index in [-0.39, 0.29) is 5.69 Å². The van der Waals surface area contributed by atoms with Gasteiger partial charge in [0.1, 0.15) is 11.6 Å². The van der Waals surface area contributed by atoms with E-state index in [4.69, 9.17) is 4.74 Å². The molecule has 0 radical (unpaired) electrons. The van der Waals surface area contributed by atoms with Gasteiger partial charge in [-0.1, -0.05) is 31.2 Å². The number of benzene rings is 2. The van der Waals surface area contributed by atoms with Gasteiger partial charge < -0.3 is 4.74 Å². The molecule has 0 bridgehead atoms. The summed E-state index contributed by atoms with van der Waals surface area (Å²) in [6.07, 6.45) is 0. The largest absolute Gasteiger partial charge is 0.494 e. The summed E-state index contributed by atoms with van der Waals surface area (Å²) in [6, 6.07) is 12.8. The fourth-order valence-corrected chi connectivity index (χ4v) is 3.63. The minimum absolute atomic E-state index is 0.0300. The molecule has 0 atom stereocenters. The number of anilines is 1. The molecule has 3 rings (SSSR count). The molecule has 0 aromatic heterocycles. The number of ether oxygens (including phenoxy) is 1. The lowest BCUT2D eigenvalue weighted by Gasteiger charge is -2.15. The Balaban J connectivity index is 2.05. The molecule has 1 aliphatic rings. The molecule has 0 fully saturated rings. The van der Waals surface area contributed by atoms with Crippen molar-refractivity contribution in [2.75, 3.05) is 17.3 Å². The van der Waals surface area contributed by atoms with Crippen molar-refractivity contribution in [3.63, 3.8) is 0 Å².